The summed E-state index contributed by atoms with van der Waals surface area (Å²) < 4.78 is 14.7. The fraction of sp³-hybridized carbons (Fsp3) is 0.231. The zero-order chi connectivity index (χ0) is 21.6. The van der Waals surface area contributed by atoms with Gasteiger partial charge in [0.1, 0.15) is 11.5 Å². The van der Waals surface area contributed by atoms with E-state index < -0.39 is 0 Å². The number of carbonyl (C=O) groups is 1. The number of carbonyl (C=O) groups excluding carboxylic acids is 1. The molecule has 1 amide bonds. The molecule has 0 aliphatic carbocycles. The van der Waals surface area contributed by atoms with E-state index in [-0.39, 0.29) is 23.0 Å². The molecule has 0 bridgehead atoms. The van der Waals surface area contributed by atoms with Gasteiger partial charge in [0, 0.05) is 25.4 Å². The van der Waals surface area contributed by atoms with Gasteiger partial charge in [-0.1, -0.05) is 48.5 Å². The summed E-state index contributed by atoms with van der Waals surface area (Å²) in [6.07, 6.45) is 6.11. The summed E-state index contributed by atoms with van der Waals surface area (Å²) in [5.74, 6) is 0.00797. The Morgan fingerprint density at radius 3 is 2.29 bits per heavy atom. The second-order valence-electron chi connectivity index (χ2n) is 7.92. The quantitative estimate of drug-likeness (QED) is 0.576. The molecule has 2 heterocycles. The van der Waals surface area contributed by atoms with Crippen molar-refractivity contribution in [3.8, 4) is 0 Å². The number of aromatic nitrogens is 1. The lowest BCUT2D eigenvalue weighted by Crippen LogP contribution is -2.41. The number of halogens is 1. The molecule has 0 saturated carbocycles. The van der Waals surface area contributed by atoms with Crippen LogP contribution in [0.3, 0.4) is 0 Å². The highest BCUT2D eigenvalue weighted by Gasteiger charge is 2.26. The number of likely N-dealkylation sites (tertiary alicyclic amines) is 1. The molecular weight excluding hydrogens is 391 g/mol. The van der Waals surface area contributed by atoms with E-state index in [0.717, 1.165) is 19.3 Å². The van der Waals surface area contributed by atoms with Crippen LogP contribution in [0.2, 0.25) is 0 Å². The third kappa shape index (κ3) is 5.18. The molecule has 1 aromatic heterocycles. The summed E-state index contributed by atoms with van der Waals surface area (Å²) in [5, 5.41) is 0. The molecule has 0 radical (unpaired) electrons. The Morgan fingerprint density at radius 2 is 1.61 bits per heavy atom. The second-order valence-corrected chi connectivity index (χ2v) is 7.92. The molecule has 4 rings (SSSR count). The van der Waals surface area contributed by atoms with Crippen LogP contribution in [0.15, 0.2) is 83.8 Å². The van der Waals surface area contributed by atoms with Gasteiger partial charge in [-0.3, -0.25) is 14.2 Å². The van der Waals surface area contributed by atoms with Crippen molar-refractivity contribution in [1.29, 1.82) is 0 Å². The molecule has 1 aliphatic heterocycles. The Labute approximate surface area is 181 Å². The number of pyridine rings is 1. The highest BCUT2D eigenvalue weighted by atomic mass is 19.1. The van der Waals surface area contributed by atoms with Crippen LogP contribution in [-0.2, 0) is 11.2 Å². The molecule has 1 fully saturated rings. The molecule has 0 atom stereocenters. The van der Waals surface area contributed by atoms with Crippen LogP contribution >= 0.6 is 0 Å². The fourth-order valence-corrected chi connectivity index (χ4v) is 4.03. The van der Waals surface area contributed by atoms with Crippen LogP contribution in [0.5, 0.6) is 0 Å². The minimum Gasteiger partial charge on any atom is -0.337 e. The maximum atomic E-state index is 13.4. The van der Waals surface area contributed by atoms with E-state index in [1.165, 1.54) is 28.3 Å². The van der Waals surface area contributed by atoms with Crippen molar-refractivity contribution in [2.45, 2.75) is 19.3 Å². The number of hydrogen-bond donors (Lipinski definition) is 0. The summed E-state index contributed by atoms with van der Waals surface area (Å²) in [4.78, 5) is 27.7. The molecule has 31 heavy (non-hydrogen) atoms. The first-order valence-corrected chi connectivity index (χ1v) is 10.6. The van der Waals surface area contributed by atoms with E-state index in [1.807, 2.05) is 11.0 Å². The van der Waals surface area contributed by atoms with E-state index in [4.69, 9.17) is 0 Å². The zero-order valence-corrected chi connectivity index (χ0v) is 17.3. The summed E-state index contributed by atoms with van der Waals surface area (Å²) in [6, 6.07) is 21.1. The highest BCUT2D eigenvalue weighted by molar-refractivity contribution is 6.18. The Kier molecular flexibility index (Phi) is 6.41. The monoisotopic (exact) mass is 416 g/mol. The van der Waals surface area contributed by atoms with E-state index in [9.17, 15) is 14.0 Å². The van der Waals surface area contributed by atoms with Gasteiger partial charge in [0.05, 0.1) is 0 Å². The summed E-state index contributed by atoms with van der Waals surface area (Å²) in [7, 11) is 0. The molecule has 3 aromatic rings. The number of rotatable bonds is 5. The van der Waals surface area contributed by atoms with E-state index >= 15 is 0 Å². The third-order valence-electron chi connectivity index (χ3n) is 5.74. The van der Waals surface area contributed by atoms with Gasteiger partial charge in [-0.05, 0) is 60.6 Å². The molecule has 0 unspecified atom stereocenters. The maximum absolute atomic E-state index is 13.4. The second kappa shape index (κ2) is 9.56. The van der Waals surface area contributed by atoms with Gasteiger partial charge in [0.2, 0.25) is 0 Å². The highest BCUT2D eigenvalue weighted by Crippen LogP contribution is 2.24. The predicted molar refractivity (Wildman–Crippen MR) is 121 cm³/mol. The Hall–Kier alpha value is -3.47. The van der Waals surface area contributed by atoms with Crippen molar-refractivity contribution in [3.05, 3.63) is 106 Å². The van der Waals surface area contributed by atoms with Gasteiger partial charge in [0.15, 0.2) is 0 Å². The van der Waals surface area contributed by atoms with Gasteiger partial charge in [-0.15, -0.1) is 0 Å². The van der Waals surface area contributed by atoms with Crippen LogP contribution in [0, 0.1) is 11.7 Å². The van der Waals surface area contributed by atoms with Gasteiger partial charge >= 0.3 is 0 Å². The zero-order valence-electron chi connectivity index (χ0n) is 17.3. The van der Waals surface area contributed by atoms with Gasteiger partial charge < -0.3 is 4.90 Å². The summed E-state index contributed by atoms with van der Waals surface area (Å²) in [5.41, 5.74) is 1.99. The molecule has 4 nitrogen and oxygen atoms in total. The smallest absolute Gasteiger partial charge is 0.270 e. The third-order valence-corrected chi connectivity index (χ3v) is 5.74. The normalized spacial score (nSPS) is 15.1. The molecule has 1 aliphatic rings. The lowest BCUT2D eigenvalue weighted by Gasteiger charge is -2.33. The largest absolute Gasteiger partial charge is 0.337 e. The fourth-order valence-electron chi connectivity index (χ4n) is 4.03. The standard InChI is InChI=1S/C26H25FN2O2/c27-23-11-9-21(10-12-23)19-24(29-15-5-4-8-25(29)30)26(31)28-16-13-22(14-17-28)18-20-6-2-1-3-7-20/h1-12,15,19,22H,13-14,16-18H2/b24-19+. The molecular formula is C26H25FN2O2. The van der Waals surface area contributed by atoms with Crippen molar-refractivity contribution < 1.29 is 9.18 Å². The van der Waals surface area contributed by atoms with Crippen LogP contribution in [-0.4, -0.2) is 28.5 Å². The minimum absolute atomic E-state index is 0.184. The first-order chi connectivity index (χ1) is 15.1. The van der Waals surface area contributed by atoms with Crippen LogP contribution in [0.4, 0.5) is 4.39 Å². The average Bonchev–Trinajstić information content (AvgIpc) is 2.80. The first-order valence-electron chi connectivity index (χ1n) is 10.6. The van der Waals surface area contributed by atoms with Gasteiger partial charge in [-0.2, -0.15) is 0 Å². The van der Waals surface area contributed by atoms with Crippen LogP contribution in [0.25, 0.3) is 11.8 Å². The molecule has 158 valence electrons. The lowest BCUT2D eigenvalue weighted by molar-refractivity contribution is -0.126. The van der Waals surface area contributed by atoms with Crippen molar-refractivity contribution in [2.24, 2.45) is 5.92 Å². The van der Waals surface area contributed by atoms with Crippen molar-refractivity contribution >= 4 is 17.7 Å². The number of amides is 1. The van der Waals surface area contributed by atoms with E-state index in [2.05, 4.69) is 24.3 Å². The number of nitrogens with zero attached hydrogens (tertiary/aromatic N) is 2. The Morgan fingerprint density at radius 1 is 0.935 bits per heavy atom. The van der Waals surface area contributed by atoms with Gasteiger partial charge in [-0.25, -0.2) is 4.39 Å². The number of piperidine rings is 1. The molecule has 0 spiro atoms. The van der Waals surface area contributed by atoms with Crippen molar-refractivity contribution in [1.82, 2.24) is 9.47 Å². The Bertz CT molecular complexity index is 1110. The summed E-state index contributed by atoms with van der Waals surface area (Å²) >= 11 is 0. The lowest BCUT2D eigenvalue weighted by atomic mass is 9.90. The molecule has 5 heteroatoms. The van der Waals surface area contributed by atoms with Crippen LogP contribution < -0.4 is 5.56 Å². The topological polar surface area (TPSA) is 42.3 Å². The first kappa shape index (κ1) is 20.8. The predicted octanol–water partition coefficient (Wildman–Crippen LogP) is 4.47. The van der Waals surface area contributed by atoms with Crippen molar-refractivity contribution in [2.75, 3.05) is 13.1 Å². The Balaban J connectivity index is 1.53. The molecule has 1 saturated heterocycles. The average molecular weight is 416 g/mol. The molecule has 0 N–H and O–H groups in total. The minimum atomic E-state index is -0.345. The van der Waals surface area contributed by atoms with Gasteiger partial charge in [0.25, 0.3) is 11.5 Å². The van der Waals surface area contributed by atoms with E-state index in [0.29, 0.717) is 24.6 Å². The number of hydrogen-bond acceptors (Lipinski definition) is 2. The SMILES string of the molecule is O=C(/C(=C\c1ccc(F)cc1)n1ccccc1=O)N1CCC(Cc2ccccc2)CC1. The maximum Gasteiger partial charge on any atom is 0.270 e. The number of benzene rings is 2. The van der Waals surface area contributed by atoms with E-state index in [1.54, 1.807) is 36.5 Å². The van der Waals surface area contributed by atoms with Crippen molar-refractivity contribution in [3.63, 3.8) is 0 Å². The van der Waals surface area contributed by atoms with Crippen LogP contribution in [0.1, 0.15) is 24.0 Å². The molecule has 2 aromatic carbocycles. The summed E-state index contributed by atoms with van der Waals surface area (Å²) in [6.45, 7) is 1.30.